The van der Waals surface area contributed by atoms with Gasteiger partial charge in [0.1, 0.15) is 17.5 Å². The molecular formula is C24H37ClN5O2+. The third-order valence-electron chi connectivity index (χ3n) is 6.08. The molecule has 3 atom stereocenters. The molecule has 2 unspecified atom stereocenters. The summed E-state index contributed by atoms with van der Waals surface area (Å²) in [5, 5.41) is 17.2. The number of fused-ring (bicyclic) bond motifs is 1. The summed E-state index contributed by atoms with van der Waals surface area (Å²) in [7, 11) is 1.75. The van der Waals surface area contributed by atoms with Gasteiger partial charge in [-0.25, -0.2) is 4.98 Å². The first-order chi connectivity index (χ1) is 15.4. The molecule has 3 rings (SSSR count). The molecule has 1 aliphatic carbocycles. The summed E-state index contributed by atoms with van der Waals surface area (Å²) in [6.45, 7) is 4.50. The van der Waals surface area contributed by atoms with Gasteiger partial charge in [0.2, 0.25) is 0 Å². The molecule has 0 radical (unpaired) electrons. The molecule has 2 aromatic rings. The number of halogens is 1. The lowest BCUT2D eigenvalue weighted by molar-refractivity contribution is 0.0699. The van der Waals surface area contributed by atoms with Crippen LogP contribution in [0, 0.1) is 0 Å². The van der Waals surface area contributed by atoms with Crippen molar-refractivity contribution in [3.05, 3.63) is 34.9 Å². The monoisotopic (exact) mass is 462 g/mol. The number of benzene rings is 1. The van der Waals surface area contributed by atoms with Gasteiger partial charge in [-0.3, -0.25) is 0 Å². The number of methoxy groups -OCH3 is 1. The van der Waals surface area contributed by atoms with E-state index in [0.29, 0.717) is 29.0 Å². The van der Waals surface area contributed by atoms with E-state index in [1.54, 1.807) is 14.0 Å². The standard InChI is InChI=1S/C24H36ClN5O2/c1-4-20(29-18-8-6-5-7-9-18)22(32-3)14-27-23-19(24(31)28-15(2)26)12-16-10-11-17(25)13-21(16)30-23/h10-13,15,18,20,22,29H,4-9,14,26H2,1-3H3,(H,27,30)(H,28,31)/p+1/t15?,20?,22-/m0/s1. The molecule has 0 amide bonds. The quantitative estimate of drug-likeness (QED) is 0.283. The largest absolute Gasteiger partial charge is 0.578 e. The third kappa shape index (κ3) is 6.54. The van der Waals surface area contributed by atoms with Crippen LogP contribution in [-0.4, -0.2) is 54.0 Å². The van der Waals surface area contributed by atoms with Gasteiger partial charge >= 0.3 is 5.90 Å². The van der Waals surface area contributed by atoms with Gasteiger partial charge in [0.25, 0.3) is 0 Å². The zero-order chi connectivity index (χ0) is 23.1. The molecular weight excluding hydrogens is 426 g/mol. The maximum Gasteiger partial charge on any atom is 0.365 e. The fourth-order valence-corrected chi connectivity index (χ4v) is 4.54. The first-order valence-corrected chi connectivity index (χ1v) is 12.0. The molecule has 8 heteroatoms. The predicted octanol–water partition coefficient (Wildman–Crippen LogP) is 3.79. The fraction of sp³-hybridized carbons (Fsp3) is 0.583. The summed E-state index contributed by atoms with van der Waals surface area (Å²) >= 11 is 6.18. The van der Waals surface area contributed by atoms with E-state index in [0.717, 1.165) is 17.3 Å². The van der Waals surface area contributed by atoms with E-state index >= 15 is 0 Å². The minimum absolute atomic E-state index is 0.0359. The molecule has 1 aliphatic rings. The molecule has 6 N–H and O–H groups in total. The Balaban J connectivity index is 1.83. The highest BCUT2D eigenvalue weighted by Crippen LogP contribution is 2.25. The van der Waals surface area contributed by atoms with E-state index in [4.69, 9.17) is 32.2 Å². The van der Waals surface area contributed by atoms with Crippen LogP contribution in [0.3, 0.4) is 0 Å². The van der Waals surface area contributed by atoms with Crippen molar-refractivity contribution < 1.29 is 9.84 Å². The number of aromatic nitrogens is 1. The van der Waals surface area contributed by atoms with Crippen molar-refractivity contribution in [2.24, 2.45) is 10.7 Å². The second kappa shape index (κ2) is 11.8. The summed E-state index contributed by atoms with van der Waals surface area (Å²) in [4.78, 5) is 8.98. The maximum atomic E-state index is 8.44. The lowest BCUT2D eigenvalue weighted by Crippen LogP contribution is -2.49. The van der Waals surface area contributed by atoms with E-state index in [2.05, 4.69) is 22.5 Å². The van der Waals surface area contributed by atoms with E-state index in [1.165, 1.54) is 32.1 Å². The zero-order valence-corrected chi connectivity index (χ0v) is 20.1. The average molecular weight is 463 g/mol. The van der Waals surface area contributed by atoms with Crippen LogP contribution in [0.1, 0.15) is 57.9 Å². The number of ether oxygens (including phenoxy) is 1. The fourth-order valence-electron chi connectivity index (χ4n) is 4.38. The topological polar surface area (TPSA) is 107 Å². The molecule has 176 valence electrons. The Hall–Kier alpha value is -1.93. The van der Waals surface area contributed by atoms with E-state index in [-0.39, 0.29) is 18.0 Å². The Kier molecular flexibility index (Phi) is 9.11. The van der Waals surface area contributed by atoms with Crippen LogP contribution < -0.4 is 16.4 Å². The summed E-state index contributed by atoms with van der Waals surface area (Å²) < 4.78 is 5.87. The molecule has 1 saturated carbocycles. The normalized spacial score (nSPS) is 18.5. The lowest BCUT2D eigenvalue weighted by atomic mass is 9.94. The molecule has 32 heavy (non-hydrogen) atoms. The van der Waals surface area contributed by atoms with E-state index in [1.807, 2.05) is 24.3 Å². The smallest absolute Gasteiger partial charge is 0.365 e. The Bertz CT molecular complexity index is 915. The molecule has 1 aromatic heterocycles. The van der Waals surface area contributed by atoms with E-state index in [9.17, 15) is 0 Å². The lowest BCUT2D eigenvalue weighted by Gasteiger charge is -2.32. The second-order valence-electron chi connectivity index (χ2n) is 8.61. The van der Waals surface area contributed by atoms with Gasteiger partial charge in [-0.2, -0.15) is 4.99 Å². The summed E-state index contributed by atoms with van der Waals surface area (Å²) in [5.74, 6) is 0.692. The number of hydrogen-bond donors (Lipinski definition) is 3. The van der Waals surface area contributed by atoms with Gasteiger partial charge in [-0.05, 0) is 44.4 Å². The van der Waals surface area contributed by atoms with Crippen molar-refractivity contribution in [1.29, 1.82) is 0 Å². The van der Waals surface area contributed by atoms with Crippen LogP contribution in [0.15, 0.2) is 29.3 Å². The number of aliphatic imine (C=N–C) groups is 1. The van der Waals surface area contributed by atoms with Crippen molar-refractivity contribution in [3.63, 3.8) is 0 Å². The van der Waals surface area contributed by atoms with Crippen LogP contribution in [-0.2, 0) is 4.74 Å². The van der Waals surface area contributed by atoms with Crippen LogP contribution in [0.25, 0.3) is 10.9 Å². The first kappa shape index (κ1) is 24.7. The molecule has 0 saturated heterocycles. The number of anilines is 1. The highest BCUT2D eigenvalue weighted by Gasteiger charge is 2.25. The minimum Gasteiger partial charge on any atom is -0.578 e. The van der Waals surface area contributed by atoms with Gasteiger partial charge in [0.05, 0.1) is 11.6 Å². The number of pyridine rings is 1. The maximum absolute atomic E-state index is 8.44. The number of nitrogens with one attached hydrogen (secondary N) is 2. The Morgan fingerprint density at radius 3 is 2.72 bits per heavy atom. The van der Waals surface area contributed by atoms with Gasteiger partial charge in [-0.15, -0.1) is 0 Å². The van der Waals surface area contributed by atoms with Gasteiger partial charge in [-0.1, -0.05) is 43.9 Å². The number of nitrogens with two attached hydrogens (primary N) is 1. The highest BCUT2D eigenvalue weighted by molar-refractivity contribution is 6.31. The van der Waals surface area contributed by atoms with Crippen LogP contribution in [0.5, 0.6) is 0 Å². The Morgan fingerprint density at radius 2 is 2.06 bits per heavy atom. The third-order valence-corrected chi connectivity index (χ3v) is 6.32. The summed E-state index contributed by atoms with van der Waals surface area (Å²) in [6.07, 6.45) is 6.85. The molecule has 1 fully saturated rings. The highest BCUT2D eigenvalue weighted by atomic mass is 35.5. The molecule has 1 heterocycles. The average Bonchev–Trinajstić information content (AvgIpc) is 2.78. The molecule has 7 nitrogen and oxygen atoms in total. The van der Waals surface area contributed by atoms with Crippen molar-refractivity contribution in [2.75, 3.05) is 19.0 Å². The van der Waals surface area contributed by atoms with Crippen molar-refractivity contribution >= 4 is 34.2 Å². The van der Waals surface area contributed by atoms with Crippen LogP contribution in [0.4, 0.5) is 5.82 Å². The number of rotatable bonds is 10. The van der Waals surface area contributed by atoms with Crippen LogP contribution >= 0.6 is 11.6 Å². The van der Waals surface area contributed by atoms with Crippen molar-refractivity contribution in [2.45, 2.75) is 76.7 Å². The number of hydrogen-bond acceptors (Lipinski definition) is 6. The van der Waals surface area contributed by atoms with Gasteiger partial charge < -0.3 is 26.2 Å². The second-order valence-corrected chi connectivity index (χ2v) is 9.05. The molecule has 0 bridgehead atoms. The molecule has 0 aliphatic heterocycles. The predicted molar refractivity (Wildman–Crippen MR) is 134 cm³/mol. The SMILES string of the molecule is CCC(NC1CCCCC1)[C@H](CNc1nc2cc(Cl)ccc2cc1C([OH2+])=NC(C)N)OC. The van der Waals surface area contributed by atoms with Crippen LogP contribution in [0.2, 0.25) is 5.02 Å². The zero-order valence-electron chi connectivity index (χ0n) is 19.3. The summed E-state index contributed by atoms with van der Waals surface area (Å²) in [5.41, 5.74) is 7.18. The van der Waals surface area contributed by atoms with Crippen molar-refractivity contribution in [3.8, 4) is 0 Å². The molecule has 0 spiro atoms. The van der Waals surface area contributed by atoms with Crippen molar-refractivity contribution in [1.82, 2.24) is 10.3 Å². The van der Waals surface area contributed by atoms with Gasteiger partial charge in [0, 0.05) is 36.1 Å². The Morgan fingerprint density at radius 1 is 1.31 bits per heavy atom. The number of nitrogens with zero attached hydrogens (tertiary/aromatic N) is 2. The first-order valence-electron chi connectivity index (χ1n) is 11.6. The Labute approximate surface area is 195 Å². The summed E-state index contributed by atoms with van der Waals surface area (Å²) in [6, 6.07) is 8.25. The van der Waals surface area contributed by atoms with Gasteiger partial charge in [0.15, 0.2) is 0 Å². The molecule has 1 aromatic carbocycles. The minimum atomic E-state index is -0.466. The van der Waals surface area contributed by atoms with E-state index < -0.39 is 6.17 Å².